The van der Waals surface area contributed by atoms with Crippen LogP contribution in [0.5, 0.6) is 5.75 Å². The highest BCUT2D eigenvalue weighted by molar-refractivity contribution is 7.11. The van der Waals surface area contributed by atoms with Crippen molar-refractivity contribution in [2.45, 2.75) is 26.3 Å². The first-order valence-electron chi connectivity index (χ1n) is 9.91. The minimum atomic E-state index is -0.678. The molecule has 0 radical (unpaired) electrons. The van der Waals surface area contributed by atoms with Crippen LogP contribution in [0.1, 0.15) is 36.8 Å². The summed E-state index contributed by atoms with van der Waals surface area (Å²) in [5, 5.41) is 1.96. The Hall–Kier alpha value is -2.97. The lowest BCUT2D eigenvalue weighted by Gasteiger charge is -2.26. The van der Waals surface area contributed by atoms with E-state index in [1.165, 1.54) is 18.4 Å². The van der Waals surface area contributed by atoms with Crippen molar-refractivity contribution < 1.29 is 14.3 Å². The van der Waals surface area contributed by atoms with E-state index in [0.29, 0.717) is 33.0 Å². The van der Waals surface area contributed by atoms with E-state index in [0.717, 1.165) is 16.9 Å². The SMILES string of the molecule is CCCOc1ccccc1[C@@H]1C(C(=O)OC)=C(C)N=c2s/c(=C\c3cccs3)c(=O)n21. The van der Waals surface area contributed by atoms with Gasteiger partial charge in [0.2, 0.25) is 0 Å². The predicted octanol–water partition coefficient (Wildman–Crippen LogP) is 3.26. The second-order valence-corrected chi connectivity index (χ2v) is 8.96. The average Bonchev–Trinajstić information content (AvgIpc) is 3.39. The van der Waals surface area contributed by atoms with E-state index in [4.69, 9.17) is 9.47 Å². The van der Waals surface area contributed by atoms with Crippen molar-refractivity contribution in [3.63, 3.8) is 0 Å². The van der Waals surface area contributed by atoms with Crippen LogP contribution in [0.3, 0.4) is 0 Å². The van der Waals surface area contributed by atoms with Crippen LogP contribution in [0.25, 0.3) is 6.08 Å². The lowest BCUT2D eigenvalue weighted by molar-refractivity contribution is -0.136. The summed E-state index contributed by atoms with van der Waals surface area (Å²) >= 11 is 2.87. The molecular formula is C23H22N2O4S2. The minimum absolute atomic E-state index is 0.193. The first kappa shape index (κ1) is 21.3. The molecule has 1 aliphatic rings. The number of rotatable bonds is 6. The number of fused-ring (bicyclic) bond motifs is 1. The van der Waals surface area contributed by atoms with Gasteiger partial charge in [-0.05, 0) is 36.9 Å². The fourth-order valence-corrected chi connectivity index (χ4v) is 5.31. The summed E-state index contributed by atoms with van der Waals surface area (Å²) in [6, 6.07) is 10.7. The molecule has 1 atom stereocenters. The summed E-state index contributed by atoms with van der Waals surface area (Å²) in [4.78, 5) is 32.4. The lowest BCUT2D eigenvalue weighted by Crippen LogP contribution is -2.40. The third kappa shape index (κ3) is 4.00. The van der Waals surface area contributed by atoms with Gasteiger partial charge in [0.05, 0.1) is 29.5 Å². The second-order valence-electron chi connectivity index (χ2n) is 6.98. The number of methoxy groups -OCH3 is 1. The van der Waals surface area contributed by atoms with Crippen molar-refractivity contribution in [3.8, 4) is 5.75 Å². The zero-order valence-corrected chi connectivity index (χ0v) is 19.1. The van der Waals surface area contributed by atoms with E-state index in [1.54, 1.807) is 22.8 Å². The first-order chi connectivity index (χ1) is 15.0. The summed E-state index contributed by atoms with van der Waals surface area (Å²) in [6.45, 7) is 4.33. The van der Waals surface area contributed by atoms with Gasteiger partial charge in [-0.25, -0.2) is 9.79 Å². The molecule has 0 aliphatic carbocycles. The highest BCUT2D eigenvalue weighted by Crippen LogP contribution is 2.35. The van der Waals surface area contributed by atoms with E-state index >= 15 is 0 Å². The van der Waals surface area contributed by atoms with Gasteiger partial charge < -0.3 is 9.47 Å². The van der Waals surface area contributed by atoms with Crippen LogP contribution < -0.4 is 19.6 Å². The van der Waals surface area contributed by atoms with E-state index in [-0.39, 0.29) is 5.56 Å². The number of para-hydroxylation sites is 1. The van der Waals surface area contributed by atoms with Gasteiger partial charge in [0.15, 0.2) is 4.80 Å². The van der Waals surface area contributed by atoms with E-state index in [9.17, 15) is 9.59 Å². The molecule has 160 valence electrons. The maximum absolute atomic E-state index is 13.5. The van der Waals surface area contributed by atoms with E-state index in [1.807, 2.05) is 54.8 Å². The number of aromatic nitrogens is 1. The van der Waals surface area contributed by atoms with Gasteiger partial charge in [-0.2, -0.15) is 0 Å². The smallest absolute Gasteiger partial charge is 0.338 e. The number of esters is 1. The van der Waals surface area contributed by atoms with Gasteiger partial charge in [-0.1, -0.05) is 42.5 Å². The molecule has 1 aromatic carbocycles. The van der Waals surface area contributed by atoms with Crippen molar-refractivity contribution in [3.05, 3.63) is 83.2 Å². The Morgan fingerprint density at radius 2 is 2.06 bits per heavy atom. The molecule has 4 rings (SSSR count). The zero-order valence-electron chi connectivity index (χ0n) is 17.5. The molecule has 0 N–H and O–H groups in total. The second kappa shape index (κ2) is 9.03. The number of carbonyl (C=O) groups excluding carboxylic acids is 1. The quantitative estimate of drug-likeness (QED) is 0.536. The fraction of sp³-hybridized carbons (Fsp3) is 0.261. The molecule has 6 nitrogen and oxygen atoms in total. The Balaban J connectivity index is 1.98. The molecule has 0 spiro atoms. The van der Waals surface area contributed by atoms with Gasteiger partial charge in [0.1, 0.15) is 11.8 Å². The van der Waals surface area contributed by atoms with Gasteiger partial charge in [-0.3, -0.25) is 9.36 Å². The Labute approximate surface area is 187 Å². The average molecular weight is 455 g/mol. The molecule has 3 heterocycles. The molecule has 3 aromatic rings. The summed E-state index contributed by atoms with van der Waals surface area (Å²) in [5.74, 6) is 0.127. The van der Waals surface area contributed by atoms with Gasteiger partial charge in [0, 0.05) is 10.4 Å². The topological polar surface area (TPSA) is 69.9 Å². The van der Waals surface area contributed by atoms with Gasteiger partial charge in [-0.15, -0.1) is 11.3 Å². The Bertz CT molecular complexity index is 1320. The molecule has 1 aliphatic heterocycles. The maximum atomic E-state index is 13.5. The number of carbonyl (C=O) groups is 1. The van der Waals surface area contributed by atoms with Crippen LogP contribution in [0.2, 0.25) is 0 Å². The van der Waals surface area contributed by atoms with Crippen LogP contribution in [0.15, 0.2) is 62.8 Å². The van der Waals surface area contributed by atoms with Crippen LogP contribution in [-0.2, 0) is 9.53 Å². The molecule has 8 heteroatoms. The van der Waals surface area contributed by atoms with Gasteiger partial charge >= 0.3 is 5.97 Å². The maximum Gasteiger partial charge on any atom is 0.338 e. The third-order valence-electron chi connectivity index (χ3n) is 4.92. The molecule has 0 fully saturated rings. The van der Waals surface area contributed by atoms with Crippen molar-refractivity contribution >= 4 is 34.7 Å². The Morgan fingerprint density at radius 3 is 2.77 bits per heavy atom. The lowest BCUT2D eigenvalue weighted by atomic mass is 9.95. The first-order valence-corrected chi connectivity index (χ1v) is 11.6. The number of thiazole rings is 1. The molecule has 0 saturated carbocycles. The number of allylic oxidation sites excluding steroid dienone is 1. The summed E-state index contributed by atoms with van der Waals surface area (Å²) < 4.78 is 13.2. The van der Waals surface area contributed by atoms with E-state index in [2.05, 4.69) is 4.99 Å². The number of nitrogens with zero attached hydrogens (tertiary/aromatic N) is 2. The third-order valence-corrected chi connectivity index (χ3v) is 6.72. The number of ether oxygens (including phenoxy) is 2. The van der Waals surface area contributed by atoms with Crippen LogP contribution in [-0.4, -0.2) is 24.3 Å². The molecule has 0 bridgehead atoms. The molecule has 2 aromatic heterocycles. The minimum Gasteiger partial charge on any atom is -0.493 e. The largest absolute Gasteiger partial charge is 0.493 e. The van der Waals surface area contributed by atoms with Crippen molar-refractivity contribution in [2.75, 3.05) is 13.7 Å². The number of benzene rings is 1. The molecule has 31 heavy (non-hydrogen) atoms. The van der Waals surface area contributed by atoms with Crippen molar-refractivity contribution in [1.29, 1.82) is 0 Å². The standard InChI is InChI=1S/C23H22N2O4S2/c1-4-11-29-17-10-6-5-9-16(17)20-19(22(27)28-3)14(2)24-23-25(20)21(26)18(31-23)13-15-8-7-12-30-15/h5-10,12-13,20H,4,11H2,1-3H3/b18-13-/t20-/m1/s1. The molecule has 0 saturated heterocycles. The highest BCUT2D eigenvalue weighted by atomic mass is 32.1. The Kier molecular flexibility index (Phi) is 6.20. The number of hydrogen-bond donors (Lipinski definition) is 0. The Morgan fingerprint density at radius 1 is 1.26 bits per heavy atom. The molecular weight excluding hydrogens is 432 g/mol. The van der Waals surface area contributed by atoms with Crippen LogP contribution >= 0.6 is 22.7 Å². The molecule has 0 amide bonds. The number of thiophene rings is 1. The van der Waals surface area contributed by atoms with Crippen LogP contribution in [0.4, 0.5) is 0 Å². The van der Waals surface area contributed by atoms with Gasteiger partial charge in [0.25, 0.3) is 5.56 Å². The summed E-state index contributed by atoms with van der Waals surface area (Å²) in [7, 11) is 1.33. The van der Waals surface area contributed by atoms with Crippen molar-refractivity contribution in [1.82, 2.24) is 4.57 Å². The predicted molar refractivity (Wildman–Crippen MR) is 122 cm³/mol. The van der Waals surface area contributed by atoms with Crippen molar-refractivity contribution in [2.24, 2.45) is 4.99 Å². The van der Waals surface area contributed by atoms with E-state index < -0.39 is 12.0 Å². The highest BCUT2D eigenvalue weighted by Gasteiger charge is 2.34. The zero-order chi connectivity index (χ0) is 22.0. The fourth-order valence-electron chi connectivity index (χ4n) is 3.54. The monoisotopic (exact) mass is 454 g/mol. The normalized spacial score (nSPS) is 16.1. The summed E-state index contributed by atoms with van der Waals surface area (Å²) in [5.41, 5.74) is 1.41. The number of hydrogen-bond acceptors (Lipinski definition) is 7. The summed E-state index contributed by atoms with van der Waals surface area (Å²) in [6.07, 6.45) is 2.71. The molecule has 0 unspecified atom stereocenters. The van der Waals surface area contributed by atoms with Crippen LogP contribution in [0, 0.1) is 0 Å².